The van der Waals surface area contributed by atoms with Crippen LogP contribution in [0.15, 0.2) is 10.6 Å². The lowest BCUT2D eigenvalue weighted by Gasteiger charge is -2.21. The first-order valence-electron chi connectivity index (χ1n) is 4.60. The van der Waals surface area contributed by atoms with E-state index < -0.39 is 15.8 Å². The molecular weight excluding hydrogens is 220 g/mol. The van der Waals surface area contributed by atoms with Gasteiger partial charge in [0.1, 0.15) is 0 Å². The summed E-state index contributed by atoms with van der Waals surface area (Å²) < 4.78 is 22.8. The molecule has 1 saturated heterocycles. The van der Waals surface area contributed by atoms with Gasteiger partial charge in [-0.15, -0.1) is 0 Å². The van der Waals surface area contributed by atoms with Crippen LogP contribution in [0.2, 0.25) is 0 Å². The normalized spacial score (nSPS) is 22.3. The highest BCUT2D eigenvalue weighted by atomic mass is 32.2. The highest BCUT2D eigenvalue weighted by Gasteiger charge is 2.40. The third-order valence-electron chi connectivity index (χ3n) is 2.63. The summed E-state index contributed by atoms with van der Waals surface area (Å²) in [6.07, 6.45) is 1.92. The topological polar surface area (TPSA) is 77.9 Å². The Kier molecular flexibility index (Phi) is 2.23. The number of rotatable bonds is 2. The van der Waals surface area contributed by atoms with Crippen LogP contribution in [0.4, 0.5) is 0 Å². The summed E-state index contributed by atoms with van der Waals surface area (Å²) in [5.41, 5.74) is -0.0741. The van der Waals surface area contributed by atoms with Crippen molar-refractivity contribution in [3.05, 3.63) is 10.6 Å². The van der Waals surface area contributed by atoms with Crippen molar-refractivity contribution in [2.24, 2.45) is 0 Å². The van der Waals surface area contributed by atoms with E-state index in [0.717, 1.165) is 19.2 Å². The summed E-state index contributed by atoms with van der Waals surface area (Å²) >= 11 is 0. The second-order valence-electron chi connectivity index (χ2n) is 3.71. The number of carboxylic acids is 1. The van der Waals surface area contributed by atoms with Gasteiger partial charge in [0.05, 0.1) is 11.4 Å². The van der Waals surface area contributed by atoms with Crippen LogP contribution in [0.5, 0.6) is 0 Å². The average Bonchev–Trinajstić information content (AvgIpc) is 2.56. The lowest BCUT2D eigenvalue weighted by molar-refractivity contribution is -0.135. The van der Waals surface area contributed by atoms with E-state index in [2.05, 4.69) is 0 Å². The van der Waals surface area contributed by atoms with Crippen molar-refractivity contribution in [3.63, 3.8) is 0 Å². The molecule has 1 N–H and O–H groups in total. The molecule has 2 aliphatic rings. The van der Waals surface area contributed by atoms with Gasteiger partial charge in [0.15, 0.2) is 15.5 Å². The van der Waals surface area contributed by atoms with Gasteiger partial charge in [0, 0.05) is 19.3 Å². The molecule has 2 heterocycles. The highest BCUT2D eigenvalue weighted by molar-refractivity contribution is 7.94. The van der Waals surface area contributed by atoms with Crippen molar-refractivity contribution < 1.29 is 18.3 Å². The fourth-order valence-electron chi connectivity index (χ4n) is 1.99. The number of carboxylic acid groups (broad SMARTS) is 1. The van der Waals surface area contributed by atoms with Crippen molar-refractivity contribution >= 4 is 15.8 Å². The standard InChI is InChI=1S/C8H12N2O4S/c1-15(13,14)6-5-9-3-2-4-10(9)7(6)8(11)12/h2-5H2,1H3,(H,11,12). The molecule has 0 radical (unpaired) electrons. The summed E-state index contributed by atoms with van der Waals surface area (Å²) in [4.78, 5) is 11.0. The van der Waals surface area contributed by atoms with Crippen LogP contribution in [0, 0.1) is 0 Å². The molecule has 0 spiro atoms. The Hall–Kier alpha value is -1.08. The first-order chi connectivity index (χ1) is 6.91. The largest absolute Gasteiger partial charge is 0.477 e. The van der Waals surface area contributed by atoms with Gasteiger partial charge < -0.3 is 5.11 Å². The first-order valence-corrected chi connectivity index (χ1v) is 6.49. The van der Waals surface area contributed by atoms with Gasteiger partial charge in [-0.05, 0) is 6.42 Å². The molecule has 0 aromatic heterocycles. The Labute approximate surface area is 87.7 Å². The number of carbonyl (C=O) groups is 1. The van der Waals surface area contributed by atoms with Crippen LogP contribution < -0.4 is 0 Å². The molecule has 0 unspecified atom stereocenters. The van der Waals surface area contributed by atoms with Crippen LogP contribution in [0.1, 0.15) is 6.42 Å². The molecule has 84 valence electrons. The molecule has 2 aliphatic heterocycles. The van der Waals surface area contributed by atoms with Gasteiger partial charge in [0.25, 0.3) is 0 Å². The molecule has 2 rings (SSSR count). The molecule has 6 nitrogen and oxygen atoms in total. The fourth-order valence-corrected chi connectivity index (χ4v) is 2.92. The number of aliphatic carboxylic acids is 1. The zero-order valence-corrected chi connectivity index (χ0v) is 9.12. The Balaban J connectivity index is 2.49. The Bertz CT molecular complexity index is 440. The minimum Gasteiger partial charge on any atom is -0.477 e. The third-order valence-corrected chi connectivity index (χ3v) is 3.84. The minimum atomic E-state index is -3.42. The zero-order valence-electron chi connectivity index (χ0n) is 8.30. The van der Waals surface area contributed by atoms with E-state index in [1.54, 1.807) is 10.0 Å². The summed E-state index contributed by atoms with van der Waals surface area (Å²) in [6, 6.07) is 0. The van der Waals surface area contributed by atoms with Crippen molar-refractivity contribution in [2.75, 3.05) is 25.9 Å². The van der Waals surface area contributed by atoms with Gasteiger partial charge in [0.2, 0.25) is 0 Å². The quantitative estimate of drug-likeness (QED) is 0.676. The monoisotopic (exact) mass is 232 g/mol. The Morgan fingerprint density at radius 3 is 2.60 bits per heavy atom. The van der Waals surface area contributed by atoms with E-state index in [0.29, 0.717) is 6.54 Å². The van der Waals surface area contributed by atoms with Crippen LogP contribution in [-0.4, -0.2) is 55.4 Å². The number of hydrogen-bond acceptors (Lipinski definition) is 5. The van der Waals surface area contributed by atoms with E-state index >= 15 is 0 Å². The van der Waals surface area contributed by atoms with Gasteiger partial charge in [-0.2, -0.15) is 0 Å². The van der Waals surface area contributed by atoms with Crippen LogP contribution in [0.25, 0.3) is 0 Å². The molecule has 0 bridgehead atoms. The molecule has 0 aromatic carbocycles. The van der Waals surface area contributed by atoms with Crippen molar-refractivity contribution in [1.82, 2.24) is 10.0 Å². The third kappa shape index (κ3) is 1.61. The van der Waals surface area contributed by atoms with E-state index in [-0.39, 0.29) is 17.1 Å². The maximum absolute atomic E-state index is 11.4. The molecule has 15 heavy (non-hydrogen) atoms. The Morgan fingerprint density at radius 2 is 2.07 bits per heavy atom. The number of hydrogen-bond donors (Lipinski definition) is 1. The molecule has 0 aromatic rings. The number of nitrogens with zero attached hydrogens (tertiary/aromatic N) is 2. The van der Waals surface area contributed by atoms with Crippen molar-refractivity contribution in [1.29, 1.82) is 0 Å². The van der Waals surface area contributed by atoms with Gasteiger partial charge in [-0.1, -0.05) is 0 Å². The minimum absolute atomic E-state index is 0.0229. The lowest BCUT2D eigenvalue weighted by atomic mass is 10.3. The molecule has 7 heteroatoms. The van der Waals surface area contributed by atoms with E-state index in [4.69, 9.17) is 5.11 Å². The van der Waals surface area contributed by atoms with E-state index in [9.17, 15) is 13.2 Å². The van der Waals surface area contributed by atoms with Crippen LogP contribution in [0.3, 0.4) is 0 Å². The number of hydrazine groups is 1. The van der Waals surface area contributed by atoms with Crippen molar-refractivity contribution in [3.8, 4) is 0 Å². The molecular formula is C8H12N2O4S. The summed E-state index contributed by atoms with van der Waals surface area (Å²) in [5, 5.41) is 12.3. The second kappa shape index (κ2) is 3.21. The van der Waals surface area contributed by atoms with E-state index in [1.807, 2.05) is 0 Å². The fraction of sp³-hybridized carbons (Fsp3) is 0.625. The Morgan fingerprint density at radius 1 is 1.40 bits per heavy atom. The molecule has 1 fully saturated rings. The average molecular weight is 232 g/mol. The smallest absolute Gasteiger partial charge is 0.354 e. The predicted molar refractivity (Wildman–Crippen MR) is 52.4 cm³/mol. The highest BCUT2D eigenvalue weighted by Crippen LogP contribution is 2.30. The first kappa shape index (κ1) is 10.4. The van der Waals surface area contributed by atoms with Gasteiger partial charge in [-0.25, -0.2) is 18.2 Å². The molecule has 0 aliphatic carbocycles. The van der Waals surface area contributed by atoms with Gasteiger partial charge >= 0.3 is 5.97 Å². The number of sulfone groups is 1. The second-order valence-corrected chi connectivity index (χ2v) is 5.75. The van der Waals surface area contributed by atoms with E-state index in [1.165, 1.54) is 0 Å². The maximum atomic E-state index is 11.4. The number of fused-ring (bicyclic) bond motifs is 1. The molecule has 0 amide bonds. The molecule has 0 atom stereocenters. The summed E-state index contributed by atoms with van der Waals surface area (Å²) in [6.45, 7) is 1.50. The lowest BCUT2D eigenvalue weighted by Crippen LogP contribution is -2.32. The van der Waals surface area contributed by atoms with Crippen LogP contribution >= 0.6 is 0 Å². The summed E-state index contributed by atoms with van der Waals surface area (Å²) in [7, 11) is -3.42. The predicted octanol–water partition coefficient (Wildman–Crippen LogP) is -0.736. The van der Waals surface area contributed by atoms with Gasteiger partial charge in [-0.3, -0.25) is 5.01 Å². The molecule has 0 saturated carbocycles. The maximum Gasteiger partial charge on any atom is 0.354 e. The SMILES string of the molecule is CS(=O)(=O)C1=C(C(=O)O)N2CCCN2C1. The zero-order chi connectivity index (χ0) is 11.2. The van der Waals surface area contributed by atoms with Crippen molar-refractivity contribution in [2.45, 2.75) is 6.42 Å². The van der Waals surface area contributed by atoms with Crippen LogP contribution in [-0.2, 0) is 14.6 Å². The summed E-state index contributed by atoms with van der Waals surface area (Å²) in [5.74, 6) is -1.17.